The molecule has 0 aliphatic carbocycles. The second kappa shape index (κ2) is 11.3. The van der Waals surface area contributed by atoms with E-state index in [0.717, 1.165) is 11.1 Å². The van der Waals surface area contributed by atoms with Crippen LogP contribution in [0.15, 0.2) is 78.0 Å². The lowest BCUT2D eigenvalue weighted by molar-refractivity contribution is 0.591. The quantitative estimate of drug-likeness (QED) is 0.288. The normalized spacial score (nSPS) is 12.0. The summed E-state index contributed by atoms with van der Waals surface area (Å²) in [6.07, 6.45) is 4.23. The minimum absolute atomic E-state index is 0.0772. The first-order valence-electron chi connectivity index (χ1n) is 10.3. The van der Waals surface area contributed by atoms with Crippen LogP contribution in [0.2, 0.25) is 0 Å². The second-order valence-corrected chi connectivity index (χ2v) is 9.44. The predicted octanol–water partition coefficient (Wildman–Crippen LogP) is 2.60. The van der Waals surface area contributed by atoms with Gasteiger partial charge in [-0.3, -0.25) is 9.67 Å². The van der Waals surface area contributed by atoms with E-state index < -0.39 is 9.84 Å². The largest absolute Gasteiger partial charge is 0.356 e. The molecule has 2 N–H and O–H groups in total. The van der Waals surface area contributed by atoms with E-state index >= 15 is 0 Å². The first-order valence-corrected chi connectivity index (χ1v) is 12.1. The molecule has 2 aromatic carbocycles. The van der Waals surface area contributed by atoms with Gasteiger partial charge in [0.15, 0.2) is 15.8 Å². The first-order chi connectivity index (χ1) is 15.1. The third-order valence-electron chi connectivity index (χ3n) is 4.83. The molecule has 7 nitrogen and oxygen atoms in total. The van der Waals surface area contributed by atoms with Crippen molar-refractivity contribution in [3.63, 3.8) is 0 Å². The van der Waals surface area contributed by atoms with Gasteiger partial charge in [-0.25, -0.2) is 8.42 Å². The molecule has 1 aromatic heterocycles. The first kappa shape index (κ1) is 22.6. The number of aliphatic imine (C=N–C) groups is 1. The molecule has 3 aromatic rings. The highest BCUT2D eigenvalue weighted by molar-refractivity contribution is 7.90. The highest BCUT2D eigenvalue weighted by atomic mass is 32.2. The Morgan fingerprint density at radius 2 is 1.74 bits per heavy atom. The molecule has 0 saturated heterocycles. The van der Waals surface area contributed by atoms with Gasteiger partial charge in [-0.15, -0.1) is 0 Å². The number of hydrogen-bond acceptors (Lipinski definition) is 4. The fourth-order valence-electron chi connectivity index (χ4n) is 3.25. The molecule has 0 fully saturated rings. The molecule has 8 heteroatoms. The SMILES string of the molecule is CN=C(NCCCS(=O)(=O)Cc1ccccc1)NCc1ccccc1Cn1cccn1. The number of hydrogen-bond donors (Lipinski definition) is 2. The minimum atomic E-state index is -3.13. The van der Waals surface area contributed by atoms with Crippen molar-refractivity contribution < 1.29 is 8.42 Å². The van der Waals surface area contributed by atoms with E-state index in [1.165, 1.54) is 5.56 Å². The zero-order chi connectivity index (χ0) is 21.9. The molecule has 0 aliphatic rings. The van der Waals surface area contributed by atoms with Crippen molar-refractivity contribution in [2.24, 2.45) is 4.99 Å². The molecule has 0 spiro atoms. The summed E-state index contributed by atoms with van der Waals surface area (Å²) in [5.41, 5.74) is 3.16. The molecule has 0 unspecified atom stereocenters. The molecule has 3 rings (SSSR count). The molecule has 164 valence electrons. The third-order valence-corrected chi connectivity index (χ3v) is 6.52. The zero-order valence-corrected chi connectivity index (χ0v) is 18.6. The van der Waals surface area contributed by atoms with Crippen LogP contribution in [0, 0.1) is 0 Å². The average Bonchev–Trinajstić information content (AvgIpc) is 3.28. The molecule has 0 saturated carbocycles. The Morgan fingerprint density at radius 3 is 2.45 bits per heavy atom. The van der Waals surface area contributed by atoms with E-state index in [9.17, 15) is 8.42 Å². The topological polar surface area (TPSA) is 88.4 Å². The van der Waals surface area contributed by atoms with Crippen LogP contribution in [-0.4, -0.2) is 43.5 Å². The zero-order valence-electron chi connectivity index (χ0n) is 17.7. The molecule has 0 radical (unpaired) electrons. The number of guanidine groups is 1. The Balaban J connectivity index is 1.44. The third kappa shape index (κ3) is 7.57. The van der Waals surface area contributed by atoms with E-state index in [2.05, 4.69) is 32.9 Å². The van der Waals surface area contributed by atoms with Crippen LogP contribution in [0.25, 0.3) is 0 Å². The molecule has 0 aliphatic heterocycles. The maximum atomic E-state index is 12.3. The van der Waals surface area contributed by atoms with E-state index in [1.54, 1.807) is 13.2 Å². The van der Waals surface area contributed by atoms with Crippen LogP contribution in [0.1, 0.15) is 23.1 Å². The van der Waals surface area contributed by atoms with E-state index in [-0.39, 0.29) is 11.5 Å². The summed E-state index contributed by atoms with van der Waals surface area (Å²) in [5, 5.41) is 10.8. The second-order valence-electron chi connectivity index (χ2n) is 7.26. The van der Waals surface area contributed by atoms with Crippen LogP contribution in [-0.2, 0) is 28.7 Å². The summed E-state index contributed by atoms with van der Waals surface area (Å²) >= 11 is 0. The maximum absolute atomic E-state index is 12.3. The summed E-state index contributed by atoms with van der Waals surface area (Å²) < 4.78 is 26.5. The maximum Gasteiger partial charge on any atom is 0.191 e. The number of nitrogens with zero attached hydrogens (tertiary/aromatic N) is 3. The Bertz CT molecular complexity index is 1060. The van der Waals surface area contributed by atoms with Gasteiger partial charge in [0.1, 0.15) is 0 Å². The Hall–Kier alpha value is -3.13. The fraction of sp³-hybridized carbons (Fsp3) is 0.304. The lowest BCUT2D eigenvalue weighted by Gasteiger charge is -2.14. The van der Waals surface area contributed by atoms with Gasteiger partial charge >= 0.3 is 0 Å². The molecule has 1 heterocycles. The van der Waals surface area contributed by atoms with Gasteiger partial charge in [-0.05, 0) is 29.2 Å². The number of nitrogens with one attached hydrogen (secondary N) is 2. The minimum Gasteiger partial charge on any atom is -0.356 e. The van der Waals surface area contributed by atoms with Crippen LogP contribution < -0.4 is 10.6 Å². The van der Waals surface area contributed by atoms with Crippen molar-refractivity contribution >= 4 is 15.8 Å². The van der Waals surface area contributed by atoms with Crippen LogP contribution in [0.3, 0.4) is 0 Å². The predicted molar refractivity (Wildman–Crippen MR) is 125 cm³/mol. The van der Waals surface area contributed by atoms with Crippen molar-refractivity contribution in [3.05, 3.63) is 89.7 Å². The molecule has 0 bridgehead atoms. The molecular formula is C23H29N5O2S. The Kier molecular flexibility index (Phi) is 8.23. The van der Waals surface area contributed by atoms with Gasteiger partial charge in [-0.2, -0.15) is 5.10 Å². The number of rotatable bonds is 10. The Labute approximate surface area is 184 Å². The summed E-state index contributed by atoms with van der Waals surface area (Å²) in [6.45, 7) is 1.85. The van der Waals surface area contributed by atoms with Crippen LogP contribution in [0.5, 0.6) is 0 Å². The van der Waals surface area contributed by atoms with Crippen molar-refractivity contribution in [1.29, 1.82) is 0 Å². The number of sulfone groups is 1. The summed E-state index contributed by atoms with van der Waals surface area (Å²) in [6, 6.07) is 19.4. The standard InChI is InChI=1S/C23H29N5O2S/c1-24-23(25-13-8-16-31(29,30)19-20-9-3-2-4-10-20)26-17-21-11-5-6-12-22(21)18-28-15-7-14-27-28/h2-7,9-12,14-15H,8,13,16-19H2,1H3,(H2,24,25,26). The Morgan fingerprint density at radius 1 is 1.00 bits per heavy atom. The number of benzene rings is 2. The highest BCUT2D eigenvalue weighted by Crippen LogP contribution is 2.10. The van der Waals surface area contributed by atoms with E-state index in [0.29, 0.717) is 32.0 Å². The van der Waals surface area contributed by atoms with Gasteiger partial charge in [-0.1, -0.05) is 54.6 Å². The van der Waals surface area contributed by atoms with Gasteiger partial charge in [0.2, 0.25) is 0 Å². The fourth-order valence-corrected chi connectivity index (χ4v) is 4.68. The monoisotopic (exact) mass is 439 g/mol. The molecular weight excluding hydrogens is 410 g/mol. The summed E-state index contributed by atoms with van der Waals surface area (Å²) in [5.74, 6) is 0.862. The summed E-state index contributed by atoms with van der Waals surface area (Å²) in [4.78, 5) is 4.24. The van der Waals surface area contributed by atoms with Crippen molar-refractivity contribution in [2.75, 3.05) is 19.3 Å². The van der Waals surface area contributed by atoms with E-state index in [4.69, 9.17) is 0 Å². The van der Waals surface area contributed by atoms with Gasteiger partial charge in [0.05, 0.1) is 18.1 Å². The number of aromatic nitrogens is 2. The molecule has 0 atom stereocenters. The lowest BCUT2D eigenvalue weighted by Crippen LogP contribution is -2.38. The van der Waals surface area contributed by atoms with Crippen molar-refractivity contribution in [2.45, 2.75) is 25.3 Å². The van der Waals surface area contributed by atoms with Gasteiger partial charge in [0, 0.05) is 32.5 Å². The highest BCUT2D eigenvalue weighted by Gasteiger charge is 2.12. The van der Waals surface area contributed by atoms with Gasteiger partial charge < -0.3 is 10.6 Å². The van der Waals surface area contributed by atoms with Crippen molar-refractivity contribution in [1.82, 2.24) is 20.4 Å². The van der Waals surface area contributed by atoms with Crippen LogP contribution in [0.4, 0.5) is 0 Å². The smallest absolute Gasteiger partial charge is 0.191 e. The van der Waals surface area contributed by atoms with Crippen LogP contribution >= 0.6 is 0 Å². The lowest BCUT2D eigenvalue weighted by atomic mass is 10.1. The van der Waals surface area contributed by atoms with E-state index in [1.807, 2.05) is 59.4 Å². The van der Waals surface area contributed by atoms with Gasteiger partial charge in [0.25, 0.3) is 0 Å². The molecule has 31 heavy (non-hydrogen) atoms. The van der Waals surface area contributed by atoms with Crippen molar-refractivity contribution in [3.8, 4) is 0 Å². The summed E-state index contributed by atoms with van der Waals surface area (Å²) in [7, 11) is -1.43. The average molecular weight is 440 g/mol. The molecule has 0 amide bonds.